The predicted octanol–water partition coefficient (Wildman–Crippen LogP) is 4.74. The van der Waals surface area contributed by atoms with Gasteiger partial charge in [0.15, 0.2) is 11.5 Å². The van der Waals surface area contributed by atoms with Crippen LogP contribution in [0.3, 0.4) is 0 Å². The summed E-state index contributed by atoms with van der Waals surface area (Å²) in [6, 6.07) is 16.4. The number of methoxy groups -OCH3 is 1. The van der Waals surface area contributed by atoms with Crippen LogP contribution in [0.5, 0.6) is 11.5 Å². The maximum atomic E-state index is 12.9. The van der Waals surface area contributed by atoms with E-state index >= 15 is 0 Å². The van der Waals surface area contributed by atoms with Gasteiger partial charge in [-0.2, -0.15) is 0 Å². The van der Waals surface area contributed by atoms with Crippen LogP contribution in [0.15, 0.2) is 48.5 Å². The molecule has 1 atom stereocenters. The molecule has 0 aliphatic carbocycles. The van der Waals surface area contributed by atoms with Gasteiger partial charge in [-0.15, -0.1) is 0 Å². The quantitative estimate of drug-likeness (QED) is 0.628. The number of benzene rings is 2. The molecule has 0 aromatic heterocycles. The molecule has 2 aromatic rings. The van der Waals surface area contributed by atoms with Crippen molar-refractivity contribution in [2.45, 2.75) is 45.8 Å². The third kappa shape index (κ3) is 5.83. The summed E-state index contributed by atoms with van der Waals surface area (Å²) in [5, 5.41) is 0. The molecule has 0 saturated carbocycles. The van der Waals surface area contributed by atoms with Crippen LogP contribution >= 0.6 is 0 Å². The van der Waals surface area contributed by atoms with E-state index in [-0.39, 0.29) is 5.92 Å². The van der Waals surface area contributed by atoms with E-state index in [1.807, 2.05) is 24.3 Å². The second kappa shape index (κ2) is 10.9. The first-order valence-corrected chi connectivity index (χ1v) is 12.0. The number of nitrogens with zero attached hydrogens (tertiary/aromatic N) is 2. The van der Waals surface area contributed by atoms with E-state index in [2.05, 4.69) is 41.0 Å². The van der Waals surface area contributed by atoms with Crippen LogP contribution in [0.1, 0.15) is 43.7 Å². The molecule has 0 spiro atoms. The largest absolute Gasteiger partial charge is 0.493 e. The van der Waals surface area contributed by atoms with Crippen molar-refractivity contribution in [3.05, 3.63) is 59.7 Å². The number of likely N-dealkylation sites (tertiary alicyclic amines) is 2. The molecule has 4 rings (SSSR count). The zero-order valence-corrected chi connectivity index (χ0v) is 19.5. The Balaban J connectivity index is 1.28. The molecule has 172 valence electrons. The maximum absolute atomic E-state index is 12.9. The Morgan fingerprint density at radius 1 is 0.969 bits per heavy atom. The summed E-state index contributed by atoms with van der Waals surface area (Å²) in [6.45, 7) is 7.47. The van der Waals surface area contributed by atoms with Gasteiger partial charge in [0.05, 0.1) is 7.11 Å². The van der Waals surface area contributed by atoms with Crippen LogP contribution in [-0.4, -0.2) is 49.0 Å². The Kier molecular flexibility index (Phi) is 7.69. The van der Waals surface area contributed by atoms with E-state index in [0.29, 0.717) is 18.4 Å². The highest BCUT2D eigenvalue weighted by atomic mass is 16.5. The second-order valence-corrected chi connectivity index (χ2v) is 9.34. The van der Waals surface area contributed by atoms with Crippen molar-refractivity contribution >= 4 is 5.91 Å². The third-order valence-corrected chi connectivity index (χ3v) is 6.78. The van der Waals surface area contributed by atoms with Crippen LogP contribution in [0.25, 0.3) is 0 Å². The summed E-state index contributed by atoms with van der Waals surface area (Å²) < 4.78 is 11.6. The molecule has 5 nitrogen and oxygen atoms in total. The van der Waals surface area contributed by atoms with E-state index in [1.54, 1.807) is 7.11 Å². The first-order chi connectivity index (χ1) is 15.6. The van der Waals surface area contributed by atoms with Crippen LogP contribution in [0.2, 0.25) is 0 Å². The number of amides is 1. The Hall–Kier alpha value is -2.53. The highest BCUT2D eigenvalue weighted by Crippen LogP contribution is 2.30. The molecule has 5 heteroatoms. The fraction of sp³-hybridized carbons (Fsp3) is 0.519. The van der Waals surface area contributed by atoms with Gasteiger partial charge in [-0.1, -0.05) is 43.3 Å². The zero-order valence-electron chi connectivity index (χ0n) is 19.5. The predicted molar refractivity (Wildman–Crippen MR) is 127 cm³/mol. The summed E-state index contributed by atoms with van der Waals surface area (Å²) in [5.74, 6) is 2.75. The van der Waals surface area contributed by atoms with Crippen molar-refractivity contribution in [1.29, 1.82) is 0 Å². The number of piperidine rings is 2. The molecular formula is C27H36N2O3. The number of carbonyl (C=O) groups is 1. The number of ether oxygens (including phenoxy) is 2. The lowest BCUT2D eigenvalue weighted by atomic mass is 9.92. The molecule has 1 amide bonds. The number of rotatable bonds is 7. The van der Waals surface area contributed by atoms with Crippen molar-refractivity contribution in [2.24, 2.45) is 11.8 Å². The minimum absolute atomic E-state index is 0.194. The molecule has 1 unspecified atom stereocenters. The van der Waals surface area contributed by atoms with E-state index in [1.165, 1.54) is 12.0 Å². The monoisotopic (exact) mass is 436 g/mol. The molecule has 2 aliphatic heterocycles. The van der Waals surface area contributed by atoms with Crippen molar-refractivity contribution in [1.82, 2.24) is 9.80 Å². The van der Waals surface area contributed by atoms with Crippen molar-refractivity contribution in [2.75, 3.05) is 33.3 Å². The second-order valence-electron chi connectivity index (χ2n) is 9.34. The number of carbonyl (C=O) groups excluding carboxylic acids is 1. The molecule has 0 radical (unpaired) electrons. The first kappa shape index (κ1) is 22.7. The average molecular weight is 437 g/mol. The van der Waals surface area contributed by atoms with Crippen molar-refractivity contribution < 1.29 is 14.3 Å². The third-order valence-electron chi connectivity index (χ3n) is 6.78. The van der Waals surface area contributed by atoms with Gasteiger partial charge < -0.3 is 14.4 Å². The maximum Gasteiger partial charge on any atom is 0.225 e. The lowest BCUT2D eigenvalue weighted by molar-refractivity contribution is -0.138. The van der Waals surface area contributed by atoms with Crippen LogP contribution < -0.4 is 9.47 Å². The molecule has 32 heavy (non-hydrogen) atoms. The topological polar surface area (TPSA) is 42.0 Å². The molecule has 2 saturated heterocycles. The Bertz CT molecular complexity index is 878. The summed E-state index contributed by atoms with van der Waals surface area (Å²) in [5.41, 5.74) is 2.35. The lowest BCUT2D eigenvalue weighted by Gasteiger charge is -2.37. The van der Waals surface area contributed by atoms with Gasteiger partial charge in [0.25, 0.3) is 0 Å². The molecule has 2 aliphatic rings. The molecule has 0 N–H and O–H groups in total. The highest BCUT2D eigenvalue weighted by Gasteiger charge is 2.30. The molecule has 0 bridgehead atoms. The van der Waals surface area contributed by atoms with Crippen LogP contribution in [-0.2, 0) is 17.9 Å². The van der Waals surface area contributed by atoms with Crippen LogP contribution in [0.4, 0.5) is 0 Å². The van der Waals surface area contributed by atoms with Crippen LogP contribution in [0, 0.1) is 11.8 Å². The summed E-state index contributed by atoms with van der Waals surface area (Å²) in [6.07, 6.45) is 4.32. The Morgan fingerprint density at radius 2 is 1.75 bits per heavy atom. The standard InChI is InChI=1S/C27H36N2O3/c1-21-7-6-14-29(18-21)27(30)24-12-15-28(16-13-24)19-23-10-11-25(26(17-23)31-2)32-20-22-8-4-3-5-9-22/h3-5,8-11,17,21,24H,6-7,12-16,18-20H2,1-2H3. The minimum Gasteiger partial charge on any atom is -0.493 e. The molecule has 2 heterocycles. The smallest absolute Gasteiger partial charge is 0.225 e. The molecule has 2 fully saturated rings. The Morgan fingerprint density at radius 3 is 2.47 bits per heavy atom. The van der Waals surface area contributed by atoms with Gasteiger partial charge in [-0.3, -0.25) is 9.69 Å². The van der Waals surface area contributed by atoms with E-state index in [4.69, 9.17) is 9.47 Å². The summed E-state index contributed by atoms with van der Waals surface area (Å²) >= 11 is 0. The van der Waals surface area contributed by atoms with E-state index in [0.717, 1.165) is 69.0 Å². The summed E-state index contributed by atoms with van der Waals surface area (Å²) in [4.78, 5) is 17.5. The Labute approximate surface area is 192 Å². The summed E-state index contributed by atoms with van der Waals surface area (Å²) in [7, 11) is 1.69. The molecule has 2 aromatic carbocycles. The van der Waals surface area contributed by atoms with Crippen molar-refractivity contribution in [3.63, 3.8) is 0 Å². The fourth-order valence-electron chi connectivity index (χ4n) is 4.91. The van der Waals surface area contributed by atoms with E-state index in [9.17, 15) is 4.79 Å². The normalized spacial score (nSPS) is 20.2. The average Bonchev–Trinajstić information content (AvgIpc) is 2.84. The first-order valence-electron chi connectivity index (χ1n) is 12.0. The highest BCUT2D eigenvalue weighted by molar-refractivity contribution is 5.79. The number of hydrogen-bond donors (Lipinski definition) is 0. The van der Waals surface area contributed by atoms with Gasteiger partial charge in [0.1, 0.15) is 6.61 Å². The fourth-order valence-corrected chi connectivity index (χ4v) is 4.91. The molecular weight excluding hydrogens is 400 g/mol. The van der Waals surface area contributed by atoms with Gasteiger partial charge in [-0.25, -0.2) is 0 Å². The van der Waals surface area contributed by atoms with Gasteiger partial charge in [0.2, 0.25) is 5.91 Å². The SMILES string of the molecule is COc1cc(CN2CCC(C(=O)N3CCCC(C)C3)CC2)ccc1OCc1ccccc1. The lowest BCUT2D eigenvalue weighted by Crippen LogP contribution is -2.45. The van der Waals surface area contributed by atoms with Gasteiger partial charge in [0, 0.05) is 25.6 Å². The van der Waals surface area contributed by atoms with E-state index < -0.39 is 0 Å². The van der Waals surface area contributed by atoms with Gasteiger partial charge >= 0.3 is 0 Å². The zero-order chi connectivity index (χ0) is 22.3. The number of hydrogen-bond acceptors (Lipinski definition) is 4. The van der Waals surface area contributed by atoms with Gasteiger partial charge in [-0.05, 0) is 68.0 Å². The van der Waals surface area contributed by atoms with Crippen molar-refractivity contribution in [3.8, 4) is 11.5 Å². The minimum atomic E-state index is 0.194.